The van der Waals surface area contributed by atoms with Gasteiger partial charge < -0.3 is 15.3 Å². The Kier molecular flexibility index (Phi) is 4.85. The second kappa shape index (κ2) is 5.69. The molecule has 0 saturated heterocycles. The molecule has 1 fully saturated rings. The number of nitrogens with zero attached hydrogens (tertiary/aromatic N) is 1. The third kappa shape index (κ3) is 5.58. The molecule has 3 heteroatoms. The highest BCUT2D eigenvalue weighted by Gasteiger charge is 2.23. The highest BCUT2D eigenvalue weighted by Crippen LogP contribution is 2.29. The molecule has 0 amide bonds. The van der Waals surface area contributed by atoms with Gasteiger partial charge in [-0.2, -0.15) is 0 Å². The van der Waals surface area contributed by atoms with Crippen LogP contribution in [0.4, 0.5) is 0 Å². The summed E-state index contributed by atoms with van der Waals surface area (Å²) in [7, 11) is 2.09. The third-order valence-electron chi connectivity index (χ3n) is 2.55. The van der Waals surface area contributed by atoms with Crippen molar-refractivity contribution in [2.45, 2.75) is 38.8 Å². The molecule has 0 aromatic rings. The van der Waals surface area contributed by atoms with Gasteiger partial charge in [-0.15, -0.1) is 0 Å². The van der Waals surface area contributed by atoms with Crippen LogP contribution in [0.15, 0.2) is 0 Å². The summed E-state index contributed by atoms with van der Waals surface area (Å²) < 4.78 is 0. The fourth-order valence-electron chi connectivity index (χ4n) is 1.61. The molecule has 3 nitrogen and oxygen atoms in total. The summed E-state index contributed by atoms with van der Waals surface area (Å²) >= 11 is 0. The second-order valence-corrected chi connectivity index (χ2v) is 4.88. The lowest BCUT2D eigenvalue weighted by molar-refractivity contribution is 0.120. The van der Waals surface area contributed by atoms with E-state index in [0.29, 0.717) is 12.6 Å². The molecule has 84 valence electrons. The monoisotopic (exact) mass is 200 g/mol. The maximum absolute atomic E-state index is 9.70. The number of hydrogen-bond acceptors (Lipinski definition) is 3. The van der Waals surface area contributed by atoms with E-state index in [9.17, 15) is 5.11 Å². The number of nitrogens with one attached hydrogen (secondary N) is 1. The van der Waals surface area contributed by atoms with Gasteiger partial charge in [0.1, 0.15) is 0 Å². The smallest absolute Gasteiger partial charge is 0.0791 e. The SMILES string of the molecule is CC(C)NCC(O)CN(C)CC1CC1. The molecule has 0 aromatic carbocycles. The van der Waals surface area contributed by atoms with Crippen molar-refractivity contribution in [2.75, 3.05) is 26.7 Å². The van der Waals surface area contributed by atoms with Crippen LogP contribution in [0.25, 0.3) is 0 Å². The summed E-state index contributed by atoms with van der Waals surface area (Å²) in [5, 5.41) is 12.9. The quantitative estimate of drug-likeness (QED) is 0.634. The second-order valence-electron chi connectivity index (χ2n) is 4.88. The first-order chi connectivity index (χ1) is 6.58. The molecule has 0 spiro atoms. The minimum atomic E-state index is -0.235. The van der Waals surface area contributed by atoms with Crippen molar-refractivity contribution in [1.82, 2.24) is 10.2 Å². The predicted octanol–water partition coefficient (Wildman–Crippen LogP) is 0.687. The Morgan fingerprint density at radius 3 is 2.57 bits per heavy atom. The summed E-state index contributed by atoms with van der Waals surface area (Å²) in [6, 6.07) is 0.457. The van der Waals surface area contributed by atoms with Crippen LogP contribution >= 0.6 is 0 Å². The zero-order chi connectivity index (χ0) is 10.6. The Labute approximate surface area is 87.5 Å². The van der Waals surface area contributed by atoms with Gasteiger partial charge in [-0.05, 0) is 25.8 Å². The predicted molar refractivity (Wildman–Crippen MR) is 59.4 cm³/mol. The fraction of sp³-hybridized carbons (Fsp3) is 1.00. The molecule has 0 bridgehead atoms. The van der Waals surface area contributed by atoms with Gasteiger partial charge in [0.2, 0.25) is 0 Å². The van der Waals surface area contributed by atoms with Crippen LogP contribution in [0.3, 0.4) is 0 Å². The summed E-state index contributed by atoms with van der Waals surface area (Å²) in [5.41, 5.74) is 0. The minimum absolute atomic E-state index is 0.235. The average Bonchev–Trinajstić information content (AvgIpc) is 2.84. The summed E-state index contributed by atoms with van der Waals surface area (Å²) in [6.07, 6.45) is 2.52. The molecule has 1 atom stereocenters. The lowest BCUT2D eigenvalue weighted by Crippen LogP contribution is -2.39. The molecular formula is C11H24N2O. The first-order valence-corrected chi connectivity index (χ1v) is 5.68. The van der Waals surface area contributed by atoms with E-state index in [1.54, 1.807) is 0 Å². The Balaban J connectivity index is 2.02. The van der Waals surface area contributed by atoms with Gasteiger partial charge in [0.05, 0.1) is 6.10 Å². The molecule has 0 aliphatic heterocycles. The fourth-order valence-corrected chi connectivity index (χ4v) is 1.61. The molecule has 0 aromatic heterocycles. The Hall–Kier alpha value is -0.120. The highest BCUT2D eigenvalue weighted by atomic mass is 16.3. The lowest BCUT2D eigenvalue weighted by Gasteiger charge is -2.21. The van der Waals surface area contributed by atoms with Crippen molar-refractivity contribution in [3.05, 3.63) is 0 Å². The zero-order valence-corrected chi connectivity index (χ0v) is 9.66. The van der Waals surface area contributed by atoms with E-state index >= 15 is 0 Å². The standard InChI is InChI=1S/C11H24N2O/c1-9(2)12-6-11(14)8-13(3)7-10-4-5-10/h9-12,14H,4-8H2,1-3H3. The first-order valence-electron chi connectivity index (χ1n) is 5.68. The van der Waals surface area contributed by atoms with E-state index in [1.807, 2.05) is 0 Å². The van der Waals surface area contributed by atoms with Gasteiger partial charge in [0.25, 0.3) is 0 Å². The van der Waals surface area contributed by atoms with Crippen molar-refractivity contribution in [3.8, 4) is 0 Å². The molecule has 1 saturated carbocycles. The molecule has 1 unspecified atom stereocenters. The average molecular weight is 200 g/mol. The number of rotatable bonds is 7. The van der Waals surface area contributed by atoms with Gasteiger partial charge in [-0.25, -0.2) is 0 Å². The third-order valence-corrected chi connectivity index (χ3v) is 2.55. The first kappa shape index (κ1) is 12.0. The largest absolute Gasteiger partial charge is 0.390 e. The van der Waals surface area contributed by atoms with E-state index in [4.69, 9.17) is 0 Å². The molecule has 1 aliphatic carbocycles. The van der Waals surface area contributed by atoms with Crippen LogP contribution in [0, 0.1) is 5.92 Å². The molecule has 1 aliphatic rings. The highest BCUT2D eigenvalue weighted by molar-refractivity contribution is 4.77. The van der Waals surface area contributed by atoms with Crippen LogP contribution in [0.5, 0.6) is 0 Å². The summed E-state index contributed by atoms with van der Waals surface area (Å²) in [5.74, 6) is 0.908. The molecule has 2 N–H and O–H groups in total. The summed E-state index contributed by atoms with van der Waals surface area (Å²) in [4.78, 5) is 2.24. The van der Waals surface area contributed by atoms with E-state index < -0.39 is 0 Å². The van der Waals surface area contributed by atoms with Crippen molar-refractivity contribution in [1.29, 1.82) is 0 Å². The Morgan fingerprint density at radius 2 is 2.07 bits per heavy atom. The van der Waals surface area contributed by atoms with Gasteiger partial charge in [-0.3, -0.25) is 0 Å². The molecule has 14 heavy (non-hydrogen) atoms. The molecular weight excluding hydrogens is 176 g/mol. The van der Waals surface area contributed by atoms with E-state index in [1.165, 1.54) is 12.8 Å². The summed E-state index contributed by atoms with van der Waals surface area (Å²) in [6.45, 7) is 6.84. The van der Waals surface area contributed by atoms with Gasteiger partial charge >= 0.3 is 0 Å². The number of aliphatic hydroxyl groups excluding tert-OH is 1. The molecule has 0 radical (unpaired) electrons. The van der Waals surface area contributed by atoms with Gasteiger partial charge in [0.15, 0.2) is 0 Å². The van der Waals surface area contributed by atoms with Crippen LogP contribution in [-0.4, -0.2) is 48.8 Å². The van der Waals surface area contributed by atoms with Crippen LogP contribution in [0.2, 0.25) is 0 Å². The van der Waals surface area contributed by atoms with Crippen molar-refractivity contribution < 1.29 is 5.11 Å². The van der Waals surface area contributed by atoms with Crippen molar-refractivity contribution >= 4 is 0 Å². The number of likely N-dealkylation sites (N-methyl/N-ethyl adjacent to an activating group) is 1. The van der Waals surface area contributed by atoms with Crippen LogP contribution in [0.1, 0.15) is 26.7 Å². The molecule has 0 heterocycles. The zero-order valence-electron chi connectivity index (χ0n) is 9.66. The van der Waals surface area contributed by atoms with E-state index in [2.05, 4.69) is 31.1 Å². The van der Waals surface area contributed by atoms with Crippen LogP contribution < -0.4 is 5.32 Å². The van der Waals surface area contributed by atoms with Crippen LogP contribution in [-0.2, 0) is 0 Å². The van der Waals surface area contributed by atoms with E-state index in [0.717, 1.165) is 19.0 Å². The van der Waals surface area contributed by atoms with Crippen molar-refractivity contribution in [2.24, 2.45) is 5.92 Å². The van der Waals surface area contributed by atoms with E-state index in [-0.39, 0.29) is 6.10 Å². The lowest BCUT2D eigenvalue weighted by atomic mass is 10.3. The van der Waals surface area contributed by atoms with Crippen molar-refractivity contribution in [3.63, 3.8) is 0 Å². The number of hydrogen-bond donors (Lipinski definition) is 2. The Morgan fingerprint density at radius 1 is 1.43 bits per heavy atom. The van der Waals surface area contributed by atoms with Gasteiger partial charge in [-0.1, -0.05) is 13.8 Å². The maximum Gasteiger partial charge on any atom is 0.0791 e. The maximum atomic E-state index is 9.70. The number of aliphatic hydroxyl groups is 1. The topological polar surface area (TPSA) is 35.5 Å². The Bertz CT molecular complexity index is 157. The normalized spacial score (nSPS) is 19.3. The minimum Gasteiger partial charge on any atom is -0.390 e. The van der Waals surface area contributed by atoms with Gasteiger partial charge in [0, 0.05) is 25.7 Å². The molecule has 1 rings (SSSR count).